The molecule has 0 saturated carbocycles. The van der Waals surface area contributed by atoms with Crippen LogP contribution < -0.4 is 5.32 Å². The van der Waals surface area contributed by atoms with Crippen molar-refractivity contribution in [3.8, 4) is 0 Å². The van der Waals surface area contributed by atoms with Crippen LogP contribution in [0.3, 0.4) is 0 Å². The van der Waals surface area contributed by atoms with Crippen LogP contribution in [-0.2, 0) is 9.59 Å². The minimum atomic E-state index is -0.112. The summed E-state index contributed by atoms with van der Waals surface area (Å²) in [5, 5.41) is 2.85. The van der Waals surface area contributed by atoms with Crippen LogP contribution >= 0.6 is 15.9 Å². The number of halogens is 1. The Balaban J connectivity index is 2.44. The lowest BCUT2D eigenvalue weighted by Gasteiger charge is -2.33. The van der Waals surface area contributed by atoms with Crippen molar-refractivity contribution in [1.29, 1.82) is 0 Å². The van der Waals surface area contributed by atoms with Gasteiger partial charge in [0.1, 0.15) is 0 Å². The summed E-state index contributed by atoms with van der Waals surface area (Å²) >= 11 is 3.44. The van der Waals surface area contributed by atoms with Gasteiger partial charge in [0.15, 0.2) is 0 Å². The van der Waals surface area contributed by atoms with Gasteiger partial charge in [-0.1, -0.05) is 29.8 Å². The summed E-state index contributed by atoms with van der Waals surface area (Å²) < 4.78 is 0. The van der Waals surface area contributed by atoms with Gasteiger partial charge in [-0.15, -0.1) is 0 Å². The SMILES string of the molecule is CCNC(=O)C1CCN(C(=O)C(Br)C(C)C)CC1. The number of hydrogen-bond donors (Lipinski definition) is 1. The summed E-state index contributed by atoms with van der Waals surface area (Å²) in [6, 6.07) is 0. The lowest BCUT2D eigenvalue weighted by atomic mass is 9.95. The van der Waals surface area contributed by atoms with Crippen molar-refractivity contribution in [2.24, 2.45) is 11.8 Å². The third-order valence-electron chi connectivity index (χ3n) is 3.35. The van der Waals surface area contributed by atoms with Crippen LogP contribution in [0.5, 0.6) is 0 Å². The first-order valence-corrected chi connectivity index (χ1v) is 7.59. The van der Waals surface area contributed by atoms with Gasteiger partial charge < -0.3 is 10.2 Å². The second-order valence-corrected chi connectivity index (χ2v) is 6.13. The molecule has 0 radical (unpaired) electrons. The van der Waals surface area contributed by atoms with E-state index in [2.05, 4.69) is 21.2 Å². The number of carbonyl (C=O) groups is 2. The molecule has 0 aromatic rings. The van der Waals surface area contributed by atoms with Gasteiger partial charge in [-0.3, -0.25) is 9.59 Å². The molecule has 1 heterocycles. The predicted octanol–water partition coefficient (Wildman–Crippen LogP) is 1.78. The van der Waals surface area contributed by atoms with E-state index in [4.69, 9.17) is 0 Å². The topological polar surface area (TPSA) is 49.4 Å². The molecule has 1 fully saturated rings. The molecule has 0 spiro atoms. The highest BCUT2D eigenvalue weighted by atomic mass is 79.9. The molecule has 1 aliphatic heterocycles. The number of nitrogens with one attached hydrogen (secondary N) is 1. The lowest BCUT2D eigenvalue weighted by Crippen LogP contribution is -2.46. The molecule has 0 aromatic heterocycles. The fourth-order valence-electron chi connectivity index (χ4n) is 2.14. The minimum absolute atomic E-state index is 0.0711. The molecule has 1 atom stereocenters. The monoisotopic (exact) mass is 318 g/mol. The van der Waals surface area contributed by atoms with E-state index in [1.807, 2.05) is 25.7 Å². The minimum Gasteiger partial charge on any atom is -0.356 e. The second kappa shape index (κ2) is 7.12. The molecule has 104 valence electrons. The van der Waals surface area contributed by atoms with Crippen LogP contribution in [0.15, 0.2) is 0 Å². The van der Waals surface area contributed by atoms with E-state index in [-0.39, 0.29) is 22.6 Å². The normalized spacial score (nSPS) is 18.8. The maximum Gasteiger partial charge on any atom is 0.236 e. The average Bonchev–Trinajstić information content (AvgIpc) is 2.37. The van der Waals surface area contributed by atoms with Gasteiger partial charge in [0.05, 0.1) is 4.83 Å². The number of piperidine rings is 1. The van der Waals surface area contributed by atoms with Gasteiger partial charge in [0.25, 0.3) is 0 Å². The van der Waals surface area contributed by atoms with Gasteiger partial charge in [0, 0.05) is 25.6 Å². The molecule has 5 heteroatoms. The standard InChI is InChI=1S/C13H23BrN2O2/c1-4-15-12(17)10-5-7-16(8-6-10)13(18)11(14)9(2)3/h9-11H,4-8H2,1-3H3,(H,15,17). The van der Waals surface area contributed by atoms with E-state index in [0.717, 1.165) is 12.8 Å². The third kappa shape index (κ3) is 3.97. The Morgan fingerprint density at radius 3 is 2.33 bits per heavy atom. The quantitative estimate of drug-likeness (QED) is 0.803. The first kappa shape index (κ1) is 15.5. The highest BCUT2D eigenvalue weighted by Crippen LogP contribution is 2.21. The molecule has 1 N–H and O–H groups in total. The van der Waals surface area contributed by atoms with Crippen LogP contribution in [-0.4, -0.2) is 41.2 Å². The fraction of sp³-hybridized carbons (Fsp3) is 0.846. The lowest BCUT2D eigenvalue weighted by molar-refractivity contribution is -0.135. The Morgan fingerprint density at radius 1 is 1.33 bits per heavy atom. The van der Waals surface area contributed by atoms with E-state index in [1.54, 1.807) is 0 Å². The first-order chi connectivity index (χ1) is 8.47. The van der Waals surface area contributed by atoms with Crippen molar-refractivity contribution in [2.45, 2.75) is 38.4 Å². The van der Waals surface area contributed by atoms with E-state index in [9.17, 15) is 9.59 Å². The Bertz CT molecular complexity index is 299. The molecule has 1 saturated heterocycles. The molecule has 0 aromatic carbocycles. The zero-order valence-electron chi connectivity index (χ0n) is 11.4. The van der Waals surface area contributed by atoms with Crippen molar-refractivity contribution in [2.75, 3.05) is 19.6 Å². The van der Waals surface area contributed by atoms with Crippen LogP contribution in [0.2, 0.25) is 0 Å². The molecule has 1 unspecified atom stereocenters. The molecule has 18 heavy (non-hydrogen) atoms. The summed E-state index contributed by atoms with van der Waals surface area (Å²) in [7, 11) is 0. The number of amides is 2. The zero-order valence-corrected chi connectivity index (χ0v) is 13.0. The molecule has 0 aliphatic carbocycles. The predicted molar refractivity (Wildman–Crippen MR) is 75.5 cm³/mol. The molecule has 2 amide bonds. The van der Waals surface area contributed by atoms with E-state index >= 15 is 0 Å². The van der Waals surface area contributed by atoms with Crippen molar-refractivity contribution < 1.29 is 9.59 Å². The second-order valence-electron chi connectivity index (χ2n) is 5.14. The summed E-state index contributed by atoms with van der Waals surface area (Å²) in [6.07, 6.45) is 1.55. The summed E-state index contributed by atoms with van der Waals surface area (Å²) in [4.78, 5) is 25.6. The smallest absolute Gasteiger partial charge is 0.236 e. The molecule has 1 aliphatic rings. The maximum absolute atomic E-state index is 12.1. The average molecular weight is 319 g/mol. The number of rotatable bonds is 4. The molecule has 0 bridgehead atoms. The van der Waals surface area contributed by atoms with Gasteiger partial charge in [-0.2, -0.15) is 0 Å². The number of likely N-dealkylation sites (tertiary alicyclic amines) is 1. The largest absolute Gasteiger partial charge is 0.356 e. The Hall–Kier alpha value is -0.580. The van der Waals surface area contributed by atoms with Crippen LogP contribution in [0, 0.1) is 11.8 Å². The van der Waals surface area contributed by atoms with E-state index in [0.29, 0.717) is 25.6 Å². The highest BCUT2D eigenvalue weighted by molar-refractivity contribution is 9.10. The molecule has 1 rings (SSSR count). The zero-order chi connectivity index (χ0) is 13.7. The van der Waals surface area contributed by atoms with E-state index < -0.39 is 0 Å². The Kier molecular flexibility index (Phi) is 6.12. The van der Waals surface area contributed by atoms with Gasteiger partial charge in [-0.25, -0.2) is 0 Å². The number of alkyl halides is 1. The van der Waals surface area contributed by atoms with Crippen molar-refractivity contribution in [3.63, 3.8) is 0 Å². The molecular weight excluding hydrogens is 296 g/mol. The van der Waals surface area contributed by atoms with Gasteiger partial charge >= 0.3 is 0 Å². The number of nitrogens with zero attached hydrogens (tertiary/aromatic N) is 1. The van der Waals surface area contributed by atoms with Crippen molar-refractivity contribution >= 4 is 27.7 Å². The Morgan fingerprint density at radius 2 is 1.89 bits per heavy atom. The van der Waals surface area contributed by atoms with Crippen molar-refractivity contribution in [3.05, 3.63) is 0 Å². The van der Waals surface area contributed by atoms with Crippen LogP contribution in [0.25, 0.3) is 0 Å². The van der Waals surface area contributed by atoms with Crippen LogP contribution in [0.4, 0.5) is 0 Å². The van der Waals surface area contributed by atoms with Gasteiger partial charge in [0.2, 0.25) is 11.8 Å². The fourth-order valence-corrected chi connectivity index (χ4v) is 2.43. The molecular formula is C13H23BrN2O2. The van der Waals surface area contributed by atoms with Gasteiger partial charge in [-0.05, 0) is 25.7 Å². The van der Waals surface area contributed by atoms with E-state index in [1.165, 1.54) is 0 Å². The summed E-state index contributed by atoms with van der Waals surface area (Å²) in [6.45, 7) is 8.03. The Labute approximate surface area is 118 Å². The highest BCUT2D eigenvalue weighted by Gasteiger charge is 2.30. The van der Waals surface area contributed by atoms with Crippen molar-refractivity contribution in [1.82, 2.24) is 10.2 Å². The summed E-state index contributed by atoms with van der Waals surface area (Å²) in [5.41, 5.74) is 0. The first-order valence-electron chi connectivity index (χ1n) is 6.68. The maximum atomic E-state index is 12.1. The number of carbonyl (C=O) groups excluding carboxylic acids is 2. The third-order valence-corrected chi connectivity index (χ3v) is 4.80. The number of hydrogen-bond acceptors (Lipinski definition) is 2. The molecule has 4 nitrogen and oxygen atoms in total. The van der Waals surface area contributed by atoms with Crippen LogP contribution in [0.1, 0.15) is 33.6 Å². The summed E-state index contributed by atoms with van der Waals surface area (Å²) in [5.74, 6) is 0.642.